The Morgan fingerprint density at radius 1 is 1.40 bits per heavy atom. The lowest BCUT2D eigenvalue weighted by Crippen LogP contribution is -2.02. The SMILES string of the molecule is NCc1cc(COCCCO)ccc1F. The standard InChI is InChI=1S/C11H16FNO2/c12-11-3-2-9(6-10(11)7-13)8-15-5-1-4-14/h2-3,6,14H,1,4-5,7-8,13H2. The van der Waals surface area contributed by atoms with Crippen LogP contribution in [0.3, 0.4) is 0 Å². The molecule has 0 saturated heterocycles. The molecule has 1 rings (SSSR count). The van der Waals surface area contributed by atoms with E-state index in [0.717, 1.165) is 5.56 Å². The molecule has 84 valence electrons. The normalized spacial score (nSPS) is 10.6. The fraction of sp³-hybridized carbons (Fsp3) is 0.455. The number of ether oxygens (including phenoxy) is 1. The summed E-state index contributed by atoms with van der Waals surface area (Å²) in [6.07, 6.45) is 0.616. The van der Waals surface area contributed by atoms with Crippen molar-refractivity contribution in [3.8, 4) is 0 Å². The number of benzene rings is 1. The average Bonchev–Trinajstić information content (AvgIpc) is 2.26. The topological polar surface area (TPSA) is 55.5 Å². The second-order valence-electron chi connectivity index (χ2n) is 3.26. The van der Waals surface area contributed by atoms with Crippen LogP contribution in [-0.4, -0.2) is 18.3 Å². The van der Waals surface area contributed by atoms with Crippen LogP contribution in [0.4, 0.5) is 4.39 Å². The second-order valence-corrected chi connectivity index (χ2v) is 3.26. The maximum absolute atomic E-state index is 13.1. The minimum Gasteiger partial charge on any atom is -0.396 e. The van der Waals surface area contributed by atoms with Gasteiger partial charge in [0.15, 0.2) is 0 Å². The molecule has 0 radical (unpaired) electrons. The molecule has 4 heteroatoms. The van der Waals surface area contributed by atoms with E-state index >= 15 is 0 Å². The van der Waals surface area contributed by atoms with E-state index in [1.54, 1.807) is 12.1 Å². The summed E-state index contributed by atoms with van der Waals surface area (Å²) in [5, 5.41) is 8.54. The molecule has 0 unspecified atom stereocenters. The Balaban J connectivity index is 2.47. The first kappa shape index (κ1) is 12.1. The highest BCUT2D eigenvalue weighted by Crippen LogP contribution is 2.10. The lowest BCUT2D eigenvalue weighted by Gasteiger charge is -2.06. The lowest BCUT2D eigenvalue weighted by atomic mass is 10.1. The molecule has 1 aromatic carbocycles. The number of aliphatic hydroxyl groups excluding tert-OH is 1. The molecule has 0 fully saturated rings. The van der Waals surface area contributed by atoms with E-state index in [1.165, 1.54) is 6.07 Å². The summed E-state index contributed by atoms with van der Waals surface area (Å²) in [5.41, 5.74) is 6.78. The minimum atomic E-state index is -0.281. The fourth-order valence-electron chi connectivity index (χ4n) is 1.23. The van der Waals surface area contributed by atoms with Crippen LogP contribution < -0.4 is 5.73 Å². The van der Waals surface area contributed by atoms with Gasteiger partial charge in [-0.1, -0.05) is 6.07 Å². The Morgan fingerprint density at radius 3 is 2.87 bits per heavy atom. The summed E-state index contributed by atoms with van der Waals surface area (Å²) in [5.74, 6) is -0.281. The van der Waals surface area contributed by atoms with Crippen LogP contribution in [-0.2, 0) is 17.9 Å². The van der Waals surface area contributed by atoms with Gasteiger partial charge in [-0.2, -0.15) is 0 Å². The molecular weight excluding hydrogens is 197 g/mol. The number of rotatable bonds is 6. The van der Waals surface area contributed by atoms with Gasteiger partial charge in [0.05, 0.1) is 6.61 Å². The molecule has 0 spiro atoms. The third kappa shape index (κ3) is 3.95. The quantitative estimate of drug-likeness (QED) is 0.698. The van der Waals surface area contributed by atoms with Gasteiger partial charge in [0.2, 0.25) is 0 Å². The Hall–Kier alpha value is -0.970. The molecule has 0 aliphatic heterocycles. The number of halogens is 1. The van der Waals surface area contributed by atoms with Crippen molar-refractivity contribution in [2.45, 2.75) is 19.6 Å². The zero-order chi connectivity index (χ0) is 11.1. The van der Waals surface area contributed by atoms with Gasteiger partial charge in [-0.25, -0.2) is 4.39 Å². The van der Waals surface area contributed by atoms with Gasteiger partial charge in [0, 0.05) is 25.3 Å². The van der Waals surface area contributed by atoms with E-state index < -0.39 is 0 Å². The minimum absolute atomic E-state index is 0.122. The van der Waals surface area contributed by atoms with E-state index in [0.29, 0.717) is 25.2 Å². The lowest BCUT2D eigenvalue weighted by molar-refractivity contribution is 0.104. The van der Waals surface area contributed by atoms with Crippen molar-refractivity contribution in [1.82, 2.24) is 0 Å². The van der Waals surface area contributed by atoms with Crippen LogP contribution in [0.25, 0.3) is 0 Å². The van der Waals surface area contributed by atoms with Crippen molar-refractivity contribution < 1.29 is 14.2 Å². The Labute approximate surface area is 88.7 Å². The first-order valence-corrected chi connectivity index (χ1v) is 4.94. The van der Waals surface area contributed by atoms with Crippen molar-refractivity contribution in [2.24, 2.45) is 5.73 Å². The highest BCUT2D eigenvalue weighted by molar-refractivity contribution is 5.24. The number of aliphatic hydroxyl groups is 1. The van der Waals surface area contributed by atoms with E-state index in [9.17, 15) is 4.39 Å². The van der Waals surface area contributed by atoms with Gasteiger partial charge in [-0.3, -0.25) is 0 Å². The smallest absolute Gasteiger partial charge is 0.127 e. The summed E-state index contributed by atoms with van der Waals surface area (Å²) in [4.78, 5) is 0. The summed E-state index contributed by atoms with van der Waals surface area (Å²) < 4.78 is 18.3. The third-order valence-corrected chi connectivity index (χ3v) is 2.05. The molecule has 0 aromatic heterocycles. The van der Waals surface area contributed by atoms with Gasteiger partial charge in [0.1, 0.15) is 5.82 Å². The van der Waals surface area contributed by atoms with Crippen molar-refractivity contribution >= 4 is 0 Å². The predicted octanol–water partition coefficient (Wildman–Crippen LogP) is 1.18. The first-order valence-electron chi connectivity index (χ1n) is 4.94. The van der Waals surface area contributed by atoms with Crippen LogP contribution >= 0.6 is 0 Å². The van der Waals surface area contributed by atoms with Gasteiger partial charge < -0.3 is 15.6 Å². The van der Waals surface area contributed by atoms with Crippen LogP contribution in [0, 0.1) is 5.82 Å². The molecule has 0 aliphatic rings. The monoisotopic (exact) mass is 213 g/mol. The molecule has 15 heavy (non-hydrogen) atoms. The van der Waals surface area contributed by atoms with Crippen LogP contribution in [0.1, 0.15) is 17.5 Å². The summed E-state index contributed by atoms with van der Waals surface area (Å²) in [7, 11) is 0. The number of hydrogen-bond donors (Lipinski definition) is 2. The van der Waals surface area contributed by atoms with Gasteiger partial charge in [-0.15, -0.1) is 0 Å². The van der Waals surface area contributed by atoms with Crippen molar-refractivity contribution in [2.75, 3.05) is 13.2 Å². The van der Waals surface area contributed by atoms with Crippen molar-refractivity contribution in [3.05, 3.63) is 35.1 Å². The molecule has 0 bridgehead atoms. The highest BCUT2D eigenvalue weighted by Gasteiger charge is 2.01. The summed E-state index contributed by atoms with van der Waals surface area (Å²) in [6, 6.07) is 4.77. The molecule has 3 N–H and O–H groups in total. The molecule has 1 aromatic rings. The zero-order valence-electron chi connectivity index (χ0n) is 8.58. The van der Waals surface area contributed by atoms with Crippen molar-refractivity contribution in [1.29, 1.82) is 0 Å². The largest absolute Gasteiger partial charge is 0.396 e. The van der Waals surface area contributed by atoms with Gasteiger partial charge >= 0.3 is 0 Å². The number of nitrogens with two attached hydrogens (primary N) is 1. The summed E-state index contributed by atoms with van der Waals surface area (Å²) >= 11 is 0. The molecule has 3 nitrogen and oxygen atoms in total. The van der Waals surface area contributed by atoms with Gasteiger partial charge in [-0.05, 0) is 24.1 Å². The third-order valence-electron chi connectivity index (χ3n) is 2.05. The van der Waals surface area contributed by atoms with Crippen molar-refractivity contribution in [3.63, 3.8) is 0 Å². The summed E-state index contributed by atoms with van der Waals surface area (Å²) in [6.45, 7) is 1.24. The van der Waals surface area contributed by atoms with Gasteiger partial charge in [0.25, 0.3) is 0 Å². The molecule has 0 heterocycles. The Bertz CT molecular complexity index is 305. The highest BCUT2D eigenvalue weighted by atomic mass is 19.1. The van der Waals surface area contributed by atoms with E-state index in [1.807, 2.05) is 0 Å². The average molecular weight is 213 g/mol. The van der Waals surface area contributed by atoms with E-state index in [-0.39, 0.29) is 19.0 Å². The molecule has 0 atom stereocenters. The second kappa shape index (κ2) is 6.50. The van der Waals surface area contributed by atoms with Crippen LogP contribution in [0.5, 0.6) is 0 Å². The predicted molar refractivity (Wildman–Crippen MR) is 55.7 cm³/mol. The van der Waals surface area contributed by atoms with Crippen LogP contribution in [0.15, 0.2) is 18.2 Å². The maximum atomic E-state index is 13.1. The zero-order valence-corrected chi connectivity index (χ0v) is 8.58. The maximum Gasteiger partial charge on any atom is 0.127 e. The van der Waals surface area contributed by atoms with Crippen LogP contribution in [0.2, 0.25) is 0 Å². The number of hydrogen-bond acceptors (Lipinski definition) is 3. The van der Waals surface area contributed by atoms with E-state index in [2.05, 4.69) is 0 Å². The Morgan fingerprint density at radius 2 is 2.20 bits per heavy atom. The molecular formula is C11H16FNO2. The fourth-order valence-corrected chi connectivity index (χ4v) is 1.23. The van der Waals surface area contributed by atoms with E-state index in [4.69, 9.17) is 15.6 Å². The molecule has 0 amide bonds. The first-order chi connectivity index (χ1) is 7.27. The molecule has 0 aliphatic carbocycles. The molecule has 0 saturated carbocycles. The Kier molecular flexibility index (Phi) is 5.25.